The maximum atomic E-state index is 5.62. The van der Waals surface area contributed by atoms with Gasteiger partial charge in [-0.2, -0.15) is 0 Å². The van der Waals surface area contributed by atoms with Gasteiger partial charge in [-0.3, -0.25) is 0 Å². The van der Waals surface area contributed by atoms with Crippen LogP contribution in [0.4, 0.5) is 5.69 Å². The minimum Gasteiger partial charge on any atom is -0.356 e. The molecule has 2 rings (SSSR count). The van der Waals surface area contributed by atoms with Crippen molar-refractivity contribution in [3.05, 3.63) is 29.3 Å². The summed E-state index contributed by atoms with van der Waals surface area (Å²) < 4.78 is 5.62. The Kier molecular flexibility index (Phi) is 3.49. The number of nitrogens with zero attached hydrogens (tertiary/aromatic N) is 1. The molecule has 0 atom stereocenters. The molecule has 0 N–H and O–H groups in total. The molecule has 1 heterocycles. The number of benzene rings is 1. The van der Waals surface area contributed by atoms with Crippen LogP contribution in [0.5, 0.6) is 0 Å². The third-order valence-corrected chi connectivity index (χ3v) is 3.06. The molecule has 88 valence electrons. The van der Waals surface area contributed by atoms with Gasteiger partial charge in [0.15, 0.2) is 0 Å². The van der Waals surface area contributed by atoms with Crippen molar-refractivity contribution < 1.29 is 4.74 Å². The molecule has 0 radical (unpaired) electrons. The lowest BCUT2D eigenvalue weighted by atomic mass is 10.1. The number of rotatable bonds is 3. The van der Waals surface area contributed by atoms with Crippen LogP contribution in [-0.2, 0) is 11.3 Å². The molecule has 0 unspecified atom stereocenters. The standard InChI is InChI=1S/C14H21NO/c1-11(2)6-7-15-10-16-9-13-8-12(3)4-5-14(13)15/h4-5,8,11H,6-7,9-10H2,1-3H3. The molecule has 0 amide bonds. The lowest BCUT2D eigenvalue weighted by Gasteiger charge is -2.31. The van der Waals surface area contributed by atoms with E-state index in [9.17, 15) is 0 Å². The molecule has 0 fully saturated rings. The maximum Gasteiger partial charge on any atom is 0.119 e. The summed E-state index contributed by atoms with van der Waals surface area (Å²) in [6.45, 7) is 9.25. The molecule has 0 saturated heterocycles. The summed E-state index contributed by atoms with van der Waals surface area (Å²) in [5.74, 6) is 0.746. The topological polar surface area (TPSA) is 12.5 Å². The van der Waals surface area contributed by atoms with E-state index in [4.69, 9.17) is 4.74 Å². The largest absolute Gasteiger partial charge is 0.356 e. The zero-order valence-corrected chi connectivity index (χ0v) is 10.5. The van der Waals surface area contributed by atoms with E-state index < -0.39 is 0 Å². The predicted molar refractivity (Wildman–Crippen MR) is 67.6 cm³/mol. The molecule has 1 aromatic carbocycles. The SMILES string of the molecule is Cc1ccc2c(c1)COCN2CCC(C)C. The van der Waals surface area contributed by atoms with Crippen LogP contribution in [0.1, 0.15) is 31.4 Å². The second-order valence-electron chi connectivity index (χ2n) is 5.06. The number of ether oxygens (including phenoxy) is 1. The third kappa shape index (κ3) is 2.56. The number of anilines is 1. The van der Waals surface area contributed by atoms with Crippen molar-refractivity contribution in [2.75, 3.05) is 18.2 Å². The van der Waals surface area contributed by atoms with Crippen LogP contribution < -0.4 is 4.90 Å². The second kappa shape index (κ2) is 4.88. The average molecular weight is 219 g/mol. The summed E-state index contributed by atoms with van der Waals surface area (Å²) in [6, 6.07) is 6.65. The van der Waals surface area contributed by atoms with Crippen molar-refractivity contribution in [2.24, 2.45) is 5.92 Å². The predicted octanol–water partition coefficient (Wildman–Crippen LogP) is 3.34. The average Bonchev–Trinajstić information content (AvgIpc) is 2.25. The van der Waals surface area contributed by atoms with Gasteiger partial charge in [0, 0.05) is 17.8 Å². The first-order valence-electron chi connectivity index (χ1n) is 6.09. The van der Waals surface area contributed by atoms with Gasteiger partial charge in [0.1, 0.15) is 6.73 Å². The molecule has 0 aliphatic carbocycles. The monoisotopic (exact) mass is 219 g/mol. The minimum absolute atomic E-state index is 0.739. The minimum atomic E-state index is 0.739. The number of aryl methyl sites for hydroxylation is 1. The van der Waals surface area contributed by atoms with Crippen LogP contribution in [0.25, 0.3) is 0 Å². The Morgan fingerprint density at radius 1 is 1.38 bits per heavy atom. The van der Waals surface area contributed by atoms with Crippen molar-refractivity contribution in [3.8, 4) is 0 Å². The fourth-order valence-corrected chi connectivity index (χ4v) is 2.07. The fraction of sp³-hybridized carbons (Fsp3) is 0.571. The van der Waals surface area contributed by atoms with E-state index >= 15 is 0 Å². The molecule has 1 aliphatic heterocycles. The first-order chi connectivity index (χ1) is 7.66. The Hall–Kier alpha value is -1.02. The third-order valence-electron chi connectivity index (χ3n) is 3.06. The maximum absolute atomic E-state index is 5.62. The van der Waals surface area contributed by atoms with E-state index in [-0.39, 0.29) is 0 Å². The van der Waals surface area contributed by atoms with E-state index in [2.05, 4.69) is 43.9 Å². The van der Waals surface area contributed by atoms with Crippen molar-refractivity contribution >= 4 is 5.69 Å². The van der Waals surface area contributed by atoms with Crippen LogP contribution in [0.2, 0.25) is 0 Å². The molecule has 2 nitrogen and oxygen atoms in total. The van der Waals surface area contributed by atoms with Gasteiger partial charge in [-0.25, -0.2) is 0 Å². The zero-order chi connectivity index (χ0) is 11.5. The zero-order valence-electron chi connectivity index (χ0n) is 10.5. The summed E-state index contributed by atoms with van der Waals surface area (Å²) in [6.07, 6.45) is 1.22. The van der Waals surface area contributed by atoms with E-state index in [1.807, 2.05) is 0 Å². The molecule has 0 aromatic heterocycles. The molecular formula is C14H21NO. The highest BCUT2D eigenvalue weighted by Gasteiger charge is 2.16. The quantitative estimate of drug-likeness (QED) is 0.773. The Balaban J connectivity index is 2.13. The van der Waals surface area contributed by atoms with Crippen LogP contribution in [-0.4, -0.2) is 13.3 Å². The fourth-order valence-electron chi connectivity index (χ4n) is 2.07. The van der Waals surface area contributed by atoms with Gasteiger partial charge in [-0.15, -0.1) is 0 Å². The molecule has 0 saturated carbocycles. The van der Waals surface area contributed by atoms with Crippen molar-refractivity contribution in [3.63, 3.8) is 0 Å². The Labute approximate surface area is 98.2 Å². The van der Waals surface area contributed by atoms with Gasteiger partial charge in [0.05, 0.1) is 6.61 Å². The van der Waals surface area contributed by atoms with Crippen molar-refractivity contribution in [2.45, 2.75) is 33.8 Å². The van der Waals surface area contributed by atoms with Gasteiger partial charge in [-0.05, 0) is 25.3 Å². The second-order valence-corrected chi connectivity index (χ2v) is 5.06. The number of fused-ring (bicyclic) bond motifs is 1. The lowest BCUT2D eigenvalue weighted by molar-refractivity contribution is 0.109. The Morgan fingerprint density at radius 2 is 2.19 bits per heavy atom. The highest BCUT2D eigenvalue weighted by molar-refractivity contribution is 5.55. The van der Waals surface area contributed by atoms with E-state index in [0.29, 0.717) is 0 Å². The summed E-state index contributed by atoms with van der Waals surface area (Å²) in [5, 5.41) is 0. The molecule has 16 heavy (non-hydrogen) atoms. The van der Waals surface area contributed by atoms with Gasteiger partial charge >= 0.3 is 0 Å². The summed E-state index contributed by atoms with van der Waals surface area (Å²) in [4.78, 5) is 2.35. The smallest absolute Gasteiger partial charge is 0.119 e. The van der Waals surface area contributed by atoms with E-state index in [0.717, 1.165) is 25.8 Å². The van der Waals surface area contributed by atoms with Crippen molar-refractivity contribution in [1.82, 2.24) is 0 Å². The normalized spacial score (nSPS) is 15.4. The molecular weight excluding hydrogens is 198 g/mol. The van der Waals surface area contributed by atoms with Crippen molar-refractivity contribution in [1.29, 1.82) is 0 Å². The van der Waals surface area contributed by atoms with Crippen LogP contribution in [0.3, 0.4) is 0 Å². The molecule has 1 aromatic rings. The number of hydrogen-bond donors (Lipinski definition) is 0. The van der Waals surface area contributed by atoms with Gasteiger partial charge in [0.2, 0.25) is 0 Å². The first-order valence-corrected chi connectivity index (χ1v) is 6.09. The Morgan fingerprint density at radius 3 is 2.94 bits per heavy atom. The van der Waals surface area contributed by atoms with Gasteiger partial charge in [0.25, 0.3) is 0 Å². The van der Waals surface area contributed by atoms with Gasteiger partial charge < -0.3 is 9.64 Å². The molecule has 2 heteroatoms. The molecule has 0 bridgehead atoms. The van der Waals surface area contributed by atoms with Crippen LogP contribution in [0.15, 0.2) is 18.2 Å². The summed E-state index contributed by atoms with van der Waals surface area (Å²) in [5.41, 5.74) is 4.00. The first kappa shape index (κ1) is 11.5. The van der Waals surface area contributed by atoms with E-state index in [1.165, 1.54) is 23.2 Å². The lowest BCUT2D eigenvalue weighted by Crippen LogP contribution is -2.32. The molecule has 1 aliphatic rings. The van der Waals surface area contributed by atoms with Crippen LogP contribution in [0, 0.1) is 12.8 Å². The van der Waals surface area contributed by atoms with Crippen LogP contribution >= 0.6 is 0 Å². The summed E-state index contributed by atoms with van der Waals surface area (Å²) in [7, 11) is 0. The highest BCUT2D eigenvalue weighted by Crippen LogP contribution is 2.27. The highest BCUT2D eigenvalue weighted by atomic mass is 16.5. The molecule has 0 spiro atoms. The van der Waals surface area contributed by atoms with E-state index in [1.54, 1.807) is 0 Å². The summed E-state index contributed by atoms with van der Waals surface area (Å²) >= 11 is 0. The Bertz CT molecular complexity index is 360. The van der Waals surface area contributed by atoms with Gasteiger partial charge in [-0.1, -0.05) is 31.5 Å². The number of hydrogen-bond acceptors (Lipinski definition) is 2.